The van der Waals surface area contributed by atoms with E-state index in [0.29, 0.717) is 0 Å². The monoisotopic (exact) mass is 138 g/mol. The van der Waals surface area contributed by atoms with Gasteiger partial charge in [0.25, 0.3) is 0 Å². The van der Waals surface area contributed by atoms with Crippen LogP contribution < -0.4 is 0 Å². The van der Waals surface area contributed by atoms with E-state index in [2.05, 4.69) is 0 Å². The first-order valence-corrected chi connectivity index (χ1v) is 2.35. The highest BCUT2D eigenvalue weighted by Crippen LogP contribution is 2.12. The molecule has 0 bridgehead atoms. The minimum Gasteiger partial charge on any atom is -0.339 e. The topological polar surface area (TPSA) is 60.7 Å². The summed E-state index contributed by atoms with van der Waals surface area (Å²) in [7, 11) is 0. The highest BCUT2D eigenvalue weighted by atomic mass is 35.5. The van der Waals surface area contributed by atoms with E-state index in [-0.39, 0.29) is 0 Å². The van der Waals surface area contributed by atoms with Crippen LogP contribution in [0.25, 0.3) is 0 Å². The fourth-order valence-corrected chi connectivity index (χ4v) is 0.194. The van der Waals surface area contributed by atoms with Gasteiger partial charge in [-0.3, -0.25) is 0 Å². The van der Waals surface area contributed by atoms with Crippen LogP contribution in [0.5, 0.6) is 0 Å². The third kappa shape index (κ3) is 2.28. The molecular formula is C4H7ClO3. The lowest BCUT2D eigenvalue weighted by Gasteiger charge is -2.10. The first-order valence-electron chi connectivity index (χ1n) is 1.98. The first kappa shape index (κ1) is 7.91. The quantitative estimate of drug-likeness (QED) is 0.439. The normalized spacial score (nSPS) is 14.4. The molecule has 0 fully saturated rings. The molecule has 3 N–H and O–H groups in total. The van der Waals surface area contributed by atoms with E-state index in [1.54, 1.807) is 0 Å². The third-order valence-electron chi connectivity index (χ3n) is 0.574. The Kier molecular flexibility index (Phi) is 2.43. The van der Waals surface area contributed by atoms with E-state index >= 15 is 0 Å². The molecule has 48 valence electrons. The molecule has 0 saturated carbocycles. The molecule has 0 aliphatic heterocycles. The average Bonchev–Trinajstić information content (AvgIpc) is 1.62. The Bertz CT molecular complexity index is 102. The number of hydrogen-bond acceptors (Lipinski definition) is 3. The smallest absolute Gasteiger partial charge is 0.315 e. The fraction of sp³-hybridized carbons (Fsp3) is 0.500. The lowest BCUT2D eigenvalue weighted by Crippen LogP contribution is -2.27. The SMILES string of the molecule is CC=C(Cl)C(O)(O)O. The molecule has 0 atom stereocenters. The molecule has 0 radical (unpaired) electrons. The maximum absolute atomic E-state index is 8.20. The standard InChI is InChI=1S/C4H7ClO3/c1-2-3(5)4(6,7)8/h2,6-8H,1H3. The molecule has 0 saturated heterocycles. The molecule has 0 aliphatic carbocycles. The van der Waals surface area contributed by atoms with Gasteiger partial charge in [0.15, 0.2) is 0 Å². The summed E-state index contributed by atoms with van der Waals surface area (Å²) in [6.07, 6.45) is 1.18. The third-order valence-corrected chi connectivity index (χ3v) is 1.05. The molecule has 0 aromatic heterocycles. The van der Waals surface area contributed by atoms with E-state index in [1.165, 1.54) is 13.0 Å². The van der Waals surface area contributed by atoms with Crippen molar-refractivity contribution in [3.8, 4) is 0 Å². The zero-order valence-electron chi connectivity index (χ0n) is 4.30. The summed E-state index contributed by atoms with van der Waals surface area (Å²) >= 11 is 5.05. The second kappa shape index (κ2) is 2.46. The van der Waals surface area contributed by atoms with Crippen molar-refractivity contribution >= 4 is 11.6 Å². The minimum absolute atomic E-state index is 0.405. The van der Waals surface area contributed by atoms with Gasteiger partial charge in [0, 0.05) is 0 Å². The zero-order chi connectivity index (χ0) is 6.78. The molecule has 0 aromatic carbocycles. The van der Waals surface area contributed by atoms with Crippen molar-refractivity contribution < 1.29 is 15.3 Å². The lowest BCUT2D eigenvalue weighted by molar-refractivity contribution is -0.277. The van der Waals surface area contributed by atoms with Gasteiger partial charge in [-0.1, -0.05) is 17.7 Å². The van der Waals surface area contributed by atoms with Crippen molar-refractivity contribution in [2.75, 3.05) is 0 Å². The summed E-state index contributed by atoms with van der Waals surface area (Å²) in [4.78, 5) is 0. The van der Waals surface area contributed by atoms with Gasteiger partial charge in [-0.25, -0.2) is 0 Å². The fourth-order valence-electron chi connectivity index (χ4n) is 0.194. The van der Waals surface area contributed by atoms with E-state index in [0.717, 1.165) is 0 Å². The van der Waals surface area contributed by atoms with Crippen LogP contribution in [-0.4, -0.2) is 21.3 Å². The van der Waals surface area contributed by atoms with Gasteiger partial charge in [-0.15, -0.1) is 0 Å². The maximum Gasteiger partial charge on any atom is 0.315 e. The molecular weight excluding hydrogens is 131 g/mol. The summed E-state index contributed by atoms with van der Waals surface area (Å²) in [5.41, 5.74) is 0. The Labute approximate surface area is 51.8 Å². The van der Waals surface area contributed by atoms with Crippen LogP contribution in [0.3, 0.4) is 0 Å². The van der Waals surface area contributed by atoms with Crippen molar-refractivity contribution in [1.29, 1.82) is 0 Å². The summed E-state index contributed by atoms with van der Waals surface area (Å²) in [5, 5.41) is 24.2. The first-order chi connectivity index (χ1) is 3.48. The number of aliphatic hydroxyl groups is 3. The molecule has 0 rings (SSSR count). The van der Waals surface area contributed by atoms with Gasteiger partial charge in [0.2, 0.25) is 0 Å². The largest absolute Gasteiger partial charge is 0.339 e. The minimum atomic E-state index is -2.86. The van der Waals surface area contributed by atoms with Crippen LogP contribution in [0.4, 0.5) is 0 Å². The number of rotatable bonds is 1. The van der Waals surface area contributed by atoms with Gasteiger partial charge < -0.3 is 15.3 Å². The van der Waals surface area contributed by atoms with Crippen molar-refractivity contribution in [2.24, 2.45) is 0 Å². The Balaban J connectivity index is 4.03. The number of halogens is 1. The summed E-state index contributed by atoms with van der Waals surface area (Å²) in [6.45, 7) is 1.47. The van der Waals surface area contributed by atoms with Crippen LogP contribution in [0.2, 0.25) is 0 Å². The van der Waals surface area contributed by atoms with Crippen molar-refractivity contribution in [1.82, 2.24) is 0 Å². The molecule has 8 heavy (non-hydrogen) atoms. The number of hydrogen-bond donors (Lipinski definition) is 3. The molecule has 0 aromatic rings. The van der Waals surface area contributed by atoms with Crippen LogP contribution in [0.15, 0.2) is 11.1 Å². The van der Waals surface area contributed by atoms with Crippen molar-refractivity contribution in [2.45, 2.75) is 12.9 Å². The molecule has 0 heterocycles. The highest BCUT2D eigenvalue weighted by molar-refractivity contribution is 6.30. The molecule has 0 amide bonds. The second-order valence-electron chi connectivity index (χ2n) is 1.27. The van der Waals surface area contributed by atoms with Gasteiger partial charge in [0.05, 0.1) is 0 Å². The predicted octanol–water partition coefficient (Wildman–Crippen LogP) is -0.240. The van der Waals surface area contributed by atoms with E-state index < -0.39 is 11.0 Å². The van der Waals surface area contributed by atoms with Gasteiger partial charge in [0.1, 0.15) is 5.03 Å². The average molecular weight is 139 g/mol. The van der Waals surface area contributed by atoms with Crippen molar-refractivity contribution in [3.63, 3.8) is 0 Å². The highest BCUT2D eigenvalue weighted by Gasteiger charge is 2.21. The van der Waals surface area contributed by atoms with Gasteiger partial charge in [-0.2, -0.15) is 0 Å². The Morgan fingerprint density at radius 3 is 1.88 bits per heavy atom. The summed E-state index contributed by atoms with van der Waals surface area (Å²) in [6, 6.07) is 0. The van der Waals surface area contributed by atoms with Crippen LogP contribution in [0, 0.1) is 0 Å². The second-order valence-corrected chi connectivity index (χ2v) is 1.68. The van der Waals surface area contributed by atoms with Gasteiger partial charge >= 0.3 is 5.97 Å². The van der Waals surface area contributed by atoms with E-state index in [4.69, 9.17) is 26.9 Å². The lowest BCUT2D eigenvalue weighted by atomic mass is 10.5. The number of allylic oxidation sites excluding steroid dienone is 1. The Hall–Kier alpha value is -0.0900. The summed E-state index contributed by atoms with van der Waals surface area (Å²) < 4.78 is 0. The Morgan fingerprint density at radius 1 is 1.50 bits per heavy atom. The van der Waals surface area contributed by atoms with Gasteiger partial charge in [-0.05, 0) is 6.92 Å². The van der Waals surface area contributed by atoms with Crippen LogP contribution in [0.1, 0.15) is 6.92 Å². The van der Waals surface area contributed by atoms with Crippen LogP contribution in [-0.2, 0) is 0 Å². The maximum atomic E-state index is 8.20. The zero-order valence-corrected chi connectivity index (χ0v) is 5.05. The predicted molar refractivity (Wildman–Crippen MR) is 29.0 cm³/mol. The Morgan fingerprint density at radius 2 is 1.88 bits per heavy atom. The molecule has 0 unspecified atom stereocenters. The van der Waals surface area contributed by atoms with Crippen molar-refractivity contribution in [3.05, 3.63) is 11.1 Å². The molecule has 0 spiro atoms. The van der Waals surface area contributed by atoms with E-state index in [1.807, 2.05) is 0 Å². The molecule has 0 aliphatic rings. The summed E-state index contributed by atoms with van der Waals surface area (Å²) in [5.74, 6) is -2.86. The molecule has 4 heteroatoms. The molecule has 3 nitrogen and oxygen atoms in total. The van der Waals surface area contributed by atoms with Crippen LogP contribution >= 0.6 is 11.6 Å². The van der Waals surface area contributed by atoms with E-state index in [9.17, 15) is 0 Å².